The average molecular weight is 300 g/mol. The lowest BCUT2D eigenvalue weighted by Gasteiger charge is -2.21. The van der Waals surface area contributed by atoms with Gasteiger partial charge in [0.2, 0.25) is 5.91 Å². The van der Waals surface area contributed by atoms with E-state index in [2.05, 4.69) is 41.7 Å². The maximum atomic E-state index is 12.3. The molecule has 1 amide bonds. The first-order chi connectivity index (χ1) is 10.2. The lowest BCUT2D eigenvalue weighted by atomic mass is 9.85. The molecule has 108 valence electrons. The molecule has 2 nitrogen and oxygen atoms in total. The number of nitrogens with one attached hydrogen (secondary N) is 1. The summed E-state index contributed by atoms with van der Waals surface area (Å²) >= 11 is 5.66. The van der Waals surface area contributed by atoms with Gasteiger partial charge in [0.05, 0.1) is 0 Å². The van der Waals surface area contributed by atoms with E-state index in [1.165, 1.54) is 22.3 Å². The molecule has 3 heteroatoms. The van der Waals surface area contributed by atoms with Crippen molar-refractivity contribution in [3.05, 3.63) is 59.7 Å². The fourth-order valence-electron chi connectivity index (χ4n) is 3.22. The minimum Gasteiger partial charge on any atom is -0.355 e. The van der Waals surface area contributed by atoms with E-state index in [4.69, 9.17) is 11.6 Å². The Morgan fingerprint density at radius 2 is 1.62 bits per heavy atom. The molecule has 0 spiro atoms. The summed E-state index contributed by atoms with van der Waals surface area (Å²) in [5, 5.41) is 2.90. The first-order valence-electron chi connectivity index (χ1n) is 7.26. The SMILES string of the molecule is CC(C(=O)NCCCl)C1c2ccccc2-c2ccccc21. The van der Waals surface area contributed by atoms with Crippen LogP contribution in [-0.2, 0) is 4.79 Å². The molecule has 0 saturated carbocycles. The molecule has 0 fully saturated rings. The highest BCUT2D eigenvalue weighted by Crippen LogP contribution is 2.47. The van der Waals surface area contributed by atoms with Crippen molar-refractivity contribution in [2.45, 2.75) is 12.8 Å². The maximum absolute atomic E-state index is 12.3. The zero-order valence-corrected chi connectivity index (χ0v) is 12.7. The molecular weight excluding hydrogens is 282 g/mol. The van der Waals surface area contributed by atoms with Gasteiger partial charge in [-0.15, -0.1) is 11.6 Å². The molecular formula is C18H18ClNO. The minimum absolute atomic E-state index is 0.0622. The highest BCUT2D eigenvalue weighted by molar-refractivity contribution is 6.18. The van der Waals surface area contributed by atoms with E-state index in [0.29, 0.717) is 12.4 Å². The molecule has 2 aromatic carbocycles. The fourth-order valence-corrected chi connectivity index (χ4v) is 3.31. The number of amides is 1. The number of rotatable bonds is 4. The Bertz CT molecular complexity index is 622. The first kappa shape index (κ1) is 14.2. The van der Waals surface area contributed by atoms with Crippen LogP contribution in [0.5, 0.6) is 0 Å². The van der Waals surface area contributed by atoms with Crippen molar-refractivity contribution in [1.29, 1.82) is 0 Å². The van der Waals surface area contributed by atoms with Gasteiger partial charge in [-0.3, -0.25) is 4.79 Å². The average Bonchev–Trinajstić information content (AvgIpc) is 2.86. The van der Waals surface area contributed by atoms with Crippen molar-refractivity contribution in [1.82, 2.24) is 5.32 Å². The second-order valence-corrected chi connectivity index (χ2v) is 5.80. The van der Waals surface area contributed by atoms with E-state index in [1.54, 1.807) is 0 Å². The lowest BCUT2D eigenvalue weighted by molar-refractivity contribution is -0.124. The van der Waals surface area contributed by atoms with Gasteiger partial charge in [-0.05, 0) is 22.3 Å². The van der Waals surface area contributed by atoms with Crippen LogP contribution in [0.3, 0.4) is 0 Å². The van der Waals surface area contributed by atoms with Gasteiger partial charge in [0.15, 0.2) is 0 Å². The van der Waals surface area contributed by atoms with Crippen molar-refractivity contribution in [2.24, 2.45) is 5.92 Å². The summed E-state index contributed by atoms with van der Waals surface area (Å²) in [6.45, 7) is 2.51. The summed E-state index contributed by atoms with van der Waals surface area (Å²) in [5.41, 5.74) is 4.98. The standard InChI is InChI=1S/C18H18ClNO/c1-12(18(21)20-11-10-19)17-15-8-4-2-6-13(15)14-7-3-5-9-16(14)17/h2-9,12,17H,10-11H2,1H3,(H,20,21). The molecule has 1 atom stereocenters. The Kier molecular flexibility index (Phi) is 3.98. The van der Waals surface area contributed by atoms with E-state index >= 15 is 0 Å². The molecule has 0 saturated heterocycles. The van der Waals surface area contributed by atoms with Crippen LogP contribution < -0.4 is 5.32 Å². The molecule has 1 aliphatic carbocycles. The molecule has 0 radical (unpaired) electrons. The zero-order valence-electron chi connectivity index (χ0n) is 12.0. The van der Waals surface area contributed by atoms with Gasteiger partial charge in [0.25, 0.3) is 0 Å². The van der Waals surface area contributed by atoms with Crippen molar-refractivity contribution < 1.29 is 4.79 Å². The molecule has 1 aliphatic rings. The summed E-state index contributed by atoms with van der Waals surface area (Å²) in [6.07, 6.45) is 0. The second kappa shape index (κ2) is 5.90. The van der Waals surface area contributed by atoms with Crippen LogP contribution in [0.1, 0.15) is 24.0 Å². The van der Waals surface area contributed by atoms with E-state index < -0.39 is 0 Å². The molecule has 0 bridgehead atoms. The molecule has 0 aromatic heterocycles. The Balaban J connectivity index is 2.00. The molecule has 0 aliphatic heterocycles. The summed E-state index contributed by atoms with van der Waals surface area (Å²) in [7, 11) is 0. The number of carbonyl (C=O) groups excluding carboxylic acids is 1. The Hall–Kier alpha value is -1.80. The van der Waals surface area contributed by atoms with Crippen molar-refractivity contribution in [2.75, 3.05) is 12.4 Å². The summed E-state index contributed by atoms with van der Waals surface area (Å²) < 4.78 is 0. The summed E-state index contributed by atoms with van der Waals surface area (Å²) in [5.74, 6) is 0.508. The third kappa shape index (κ3) is 2.44. The van der Waals surface area contributed by atoms with Crippen LogP contribution in [0.4, 0.5) is 0 Å². The monoisotopic (exact) mass is 299 g/mol. The maximum Gasteiger partial charge on any atom is 0.223 e. The highest BCUT2D eigenvalue weighted by atomic mass is 35.5. The van der Waals surface area contributed by atoms with Crippen LogP contribution in [-0.4, -0.2) is 18.3 Å². The van der Waals surface area contributed by atoms with Gasteiger partial charge in [-0.1, -0.05) is 55.5 Å². The first-order valence-corrected chi connectivity index (χ1v) is 7.79. The van der Waals surface area contributed by atoms with Crippen LogP contribution in [0, 0.1) is 5.92 Å². The predicted molar refractivity (Wildman–Crippen MR) is 86.6 cm³/mol. The van der Waals surface area contributed by atoms with Crippen molar-refractivity contribution in [3.63, 3.8) is 0 Å². The van der Waals surface area contributed by atoms with Crippen LogP contribution in [0.15, 0.2) is 48.5 Å². The number of hydrogen-bond acceptors (Lipinski definition) is 1. The fraction of sp³-hybridized carbons (Fsp3) is 0.278. The van der Waals surface area contributed by atoms with Crippen LogP contribution >= 0.6 is 11.6 Å². The number of benzene rings is 2. The van der Waals surface area contributed by atoms with E-state index in [9.17, 15) is 4.79 Å². The highest BCUT2D eigenvalue weighted by Gasteiger charge is 2.34. The second-order valence-electron chi connectivity index (χ2n) is 5.42. The largest absolute Gasteiger partial charge is 0.355 e. The van der Waals surface area contributed by atoms with Gasteiger partial charge < -0.3 is 5.32 Å². The third-order valence-electron chi connectivity index (χ3n) is 4.19. The van der Waals surface area contributed by atoms with Gasteiger partial charge in [-0.2, -0.15) is 0 Å². The van der Waals surface area contributed by atoms with E-state index in [1.807, 2.05) is 19.1 Å². The van der Waals surface area contributed by atoms with Gasteiger partial charge >= 0.3 is 0 Å². The topological polar surface area (TPSA) is 29.1 Å². The molecule has 1 unspecified atom stereocenters. The van der Waals surface area contributed by atoms with E-state index in [-0.39, 0.29) is 17.7 Å². The van der Waals surface area contributed by atoms with Crippen LogP contribution in [0.25, 0.3) is 11.1 Å². The van der Waals surface area contributed by atoms with Crippen LogP contribution in [0.2, 0.25) is 0 Å². The molecule has 2 aromatic rings. The molecule has 1 N–H and O–H groups in total. The Morgan fingerprint density at radius 1 is 1.10 bits per heavy atom. The Morgan fingerprint density at radius 3 is 2.14 bits per heavy atom. The van der Waals surface area contributed by atoms with Gasteiger partial charge in [-0.25, -0.2) is 0 Å². The number of alkyl halides is 1. The smallest absolute Gasteiger partial charge is 0.223 e. The summed E-state index contributed by atoms with van der Waals surface area (Å²) in [6, 6.07) is 16.7. The normalized spacial score (nSPS) is 14.4. The minimum atomic E-state index is -0.113. The molecule has 0 heterocycles. The number of fused-ring (bicyclic) bond motifs is 3. The third-order valence-corrected chi connectivity index (χ3v) is 4.38. The molecule has 3 rings (SSSR count). The van der Waals surface area contributed by atoms with Crippen molar-refractivity contribution in [3.8, 4) is 11.1 Å². The van der Waals surface area contributed by atoms with E-state index in [0.717, 1.165) is 0 Å². The number of hydrogen-bond donors (Lipinski definition) is 1. The van der Waals surface area contributed by atoms with Gasteiger partial charge in [0.1, 0.15) is 0 Å². The quantitative estimate of drug-likeness (QED) is 0.855. The van der Waals surface area contributed by atoms with Gasteiger partial charge in [0, 0.05) is 24.3 Å². The lowest BCUT2D eigenvalue weighted by Crippen LogP contribution is -2.33. The summed E-state index contributed by atoms with van der Waals surface area (Å²) in [4.78, 5) is 12.3. The number of carbonyl (C=O) groups is 1. The zero-order chi connectivity index (χ0) is 14.8. The Labute approximate surface area is 130 Å². The number of halogens is 1. The van der Waals surface area contributed by atoms with Crippen molar-refractivity contribution >= 4 is 17.5 Å². The molecule has 21 heavy (non-hydrogen) atoms. The predicted octanol–water partition coefficient (Wildman–Crippen LogP) is 3.79.